The van der Waals surface area contributed by atoms with Gasteiger partial charge in [0.15, 0.2) is 11.5 Å². The maximum Gasteiger partial charge on any atom is 0.205 e. The van der Waals surface area contributed by atoms with E-state index in [9.17, 15) is 15.2 Å². The molecule has 1 aromatic heterocycles. The lowest BCUT2D eigenvalue weighted by atomic mass is 10.0. The second kappa shape index (κ2) is 8.39. The number of ketones is 1. The third-order valence-electron chi connectivity index (χ3n) is 4.23. The van der Waals surface area contributed by atoms with Crippen LogP contribution in [0.25, 0.3) is 6.08 Å². The van der Waals surface area contributed by atoms with Crippen LogP contribution in [0, 0.1) is 25.2 Å². The van der Waals surface area contributed by atoms with Crippen molar-refractivity contribution in [3.05, 3.63) is 52.4 Å². The van der Waals surface area contributed by atoms with Crippen LogP contribution in [-0.2, 0) is 6.54 Å². The van der Waals surface area contributed by atoms with Crippen molar-refractivity contribution in [1.29, 1.82) is 5.26 Å². The topological polar surface area (TPSA) is 75.2 Å². The highest BCUT2D eigenvalue weighted by molar-refractivity contribution is 6.14. The van der Waals surface area contributed by atoms with E-state index in [4.69, 9.17) is 4.74 Å². The maximum atomic E-state index is 12.9. The van der Waals surface area contributed by atoms with Crippen LogP contribution in [0.1, 0.15) is 47.6 Å². The zero-order valence-corrected chi connectivity index (χ0v) is 15.7. The molecule has 0 amide bonds. The fraction of sp³-hybridized carbons (Fsp3) is 0.333. The van der Waals surface area contributed by atoms with Gasteiger partial charge in [0.2, 0.25) is 5.78 Å². The van der Waals surface area contributed by atoms with Crippen LogP contribution in [-0.4, -0.2) is 22.1 Å². The summed E-state index contributed by atoms with van der Waals surface area (Å²) in [7, 11) is 0. The summed E-state index contributed by atoms with van der Waals surface area (Å²) in [5.74, 6) is 0.0537. The minimum atomic E-state index is -0.297. The Morgan fingerprint density at radius 1 is 1.31 bits per heavy atom. The molecule has 0 aliphatic heterocycles. The molecule has 5 nitrogen and oxygen atoms in total. The van der Waals surface area contributed by atoms with Crippen LogP contribution in [0.5, 0.6) is 11.5 Å². The van der Waals surface area contributed by atoms with E-state index in [1.807, 2.05) is 32.9 Å². The molecule has 0 radical (unpaired) electrons. The first-order valence-corrected chi connectivity index (χ1v) is 8.71. The van der Waals surface area contributed by atoms with Gasteiger partial charge in [0.1, 0.15) is 11.6 Å². The highest BCUT2D eigenvalue weighted by Gasteiger charge is 2.19. The van der Waals surface area contributed by atoms with Crippen LogP contribution < -0.4 is 4.74 Å². The van der Waals surface area contributed by atoms with Crippen molar-refractivity contribution in [3.63, 3.8) is 0 Å². The number of Topliss-reactive ketones (excluding diaryl/α,β-unsaturated/α-hetero) is 1. The lowest BCUT2D eigenvalue weighted by Crippen LogP contribution is -2.06. The van der Waals surface area contributed by atoms with Crippen molar-refractivity contribution in [2.24, 2.45) is 0 Å². The van der Waals surface area contributed by atoms with Gasteiger partial charge in [0.05, 0.1) is 6.61 Å². The van der Waals surface area contributed by atoms with Gasteiger partial charge in [-0.15, -0.1) is 0 Å². The number of aryl methyl sites for hydroxylation is 1. The third-order valence-corrected chi connectivity index (χ3v) is 4.23. The number of hydrogen-bond donors (Lipinski definition) is 1. The van der Waals surface area contributed by atoms with Crippen molar-refractivity contribution in [2.75, 3.05) is 6.61 Å². The van der Waals surface area contributed by atoms with Crippen molar-refractivity contribution >= 4 is 11.9 Å². The summed E-state index contributed by atoms with van der Waals surface area (Å²) in [6.45, 7) is 9.02. The summed E-state index contributed by atoms with van der Waals surface area (Å²) in [4.78, 5) is 12.9. The average molecular weight is 352 g/mol. The summed E-state index contributed by atoms with van der Waals surface area (Å²) in [6, 6.07) is 8.58. The molecule has 26 heavy (non-hydrogen) atoms. The molecule has 0 fully saturated rings. The molecule has 0 saturated heterocycles. The molecule has 0 saturated carbocycles. The molecule has 1 N–H and O–H groups in total. The van der Waals surface area contributed by atoms with E-state index in [0.29, 0.717) is 23.5 Å². The van der Waals surface area contributed by atoms with Crippen LogP contribution in [0.4, 0.5) is 0 Å². The first-order valence-electron chi connectivity index (χ1n) is 8.71. The molecule has 0 aliphatic carbocycles. The Morgan fingerprint density at radius 2 is 2.04 bits per heavy atom. The van der Waals surface area contributed by atoms with E-state index in [1.54, 1.807) is 12.1 Å². The Bertz CT molecular complexity index is 885. The lowest BCUT2D eigenvalue weighted by Gasteiger charge is -2.08. The van der Waals surface area contributed by atoms with Gasteiger partial charge in [0.25, 0.3) is 0 Å². The van der Waals surface area contributed by atoms with Gasteiger partial charge in [-0.1, -0.05) is 13.0 Å². The van der Waals surface area contributed by atoms with Gasteiger partial charge in [0, 0.05) is 23.5 Å². The molecule has 136 valence electrons. The predicted molar refractivity (Wildman–Crippen MR) is 101 cm³/mol. The molecule has 5 heteroatoms. The van der Waals surface area contributed by atoms with Crippen LogP contribution in [0.3, 0.4) is 0 Å². The number of hydrogen-bond acceptors (Lipinski definition) is 4. The number of allylic oxidation sites excluding steroid dienone is 1. The maximum absolute atomic E-state index is 12.9. The molecule has 0 atom stereocenters. The molecule has 1 aromatic carbocycles. The molecule has 0 bridgehead atoms. The van der Waals surface area contributed by atoms with Gasteiger partial charge in [-0.25, -0.2) is 0 Å². The number of ether oxygens (including phenoxy) is 1. The standard InChI is InChI=1S/C21H24N2O3/c1-5-9-23-14(3)10-18(15(23)4)21(25)17(13-22)11-16-7-8-19(24)20(12-16)26-6-2/h7-8,10-12,24H,5-6,9H2,1-4H3/b17-11+. The van der Waals surface area contributed by atoms with E-state index in [-0.39, 0.29) is 17.1 Å². The number of benzene rings is 1. The van der Waals surface area contributed by atoms with Gasteiger partial charge in [-0.2, -0.15) is 5.26 Å². The number of rotatable bonds is 7. The SMILES string of the molecule is CCCn1c(C)cc(C(=O)/C(C#N)=C/c2ccc(O)c(OCC)c2)c1C. The zero-order chi connectivity index (χ0) is 19.3. The summed E-state index contributed by atoms with van der Waals surface area (Å²) < 4.78 is 7.45. The molecule has 0 aliphatic rings. The minimum Gasteiger partial charge on any atom is -0.504 e. The molecule has 2 rings (SSSR count). The van der Waals surface area contributed by atoms with Crippen molar-refractivity contribution in [3.8, 4) is 17.6 Å². The van der Waals surface area contributed by atoms with Gasteiger partial charge in [-0.05, 0) is 57.0 Å². The number of aromatic nitrogens is 1. The largest absolute Gasteiger partial charge is 0.504 e. The number of carbonyl (C=O) groups excluding carboxylic acids is 1. The third kappa shape index (κ3) is 3.97. The summed E-state index contributed by atoms with van der Waals surface area (Å²) in [6.07, 6.45) is 2.49. The number of nitrogens with zero attached hydrogens (tertiary/aromatic N) is 2. The van der Waals surface area contributed by atoms with Crippen LogP contribution in [0.15, 0.2) is 29.8 Å². The molecule has 2 aromatic rings. The van der Waals surface area contributed by atoms with Crippen LogP contribution in [0.2, 0.25) is 0 Å². The van der Waals surface area contributed by atoms with Crippen molar-refractivity contribution in [2.45, 2.75) is 40.7 Å². The number of phenols is 1. The summed E-state index contributed by atoms with van der Waals surface area (Å²) >= 11 is 0. The minimum absolute atomic E-state index is 0.0249. The van der Waals surface area contributed by atoms with Gasteiger partial charge < -0.3 is 14.4 Å². The lowest BCUT2D eigenvalue weighted by molar-refractivity contribution is 0.103. The Morgan fingerprint density at radius 3 is 2.65 bits per heavy atom. The van der Waals surface area contributed by atoms with Gasteiger partial charge >= 0.3 is 0 Å². The second-order valence-corrected chi connectivity index (χ2v) is 6.10. The molecule has 0 spiro atoms. The van der Waals surface area contributed by atoms with E-state index < -0.39 is 0 Å². The summed E-state index contributed by atoms with van der Waals surface area (Å²) in [5, 5.41) is 19.3. The first kappa shape index (κ1) is 19.3. The first-order chi connectivity index (χ1) is 12.4. The Balaban J connectivity index is 2.41. The number of aromatic hydroxyl groups is 1. The highest BCUT2D eigenvalue weighted by atomic mass is 16.5. The predicted octanol–water partition coefficient (Wildman–Crippen LogP) is 4.41. The highest BCUT2D eigenvalue weighted by Crippen LogP contribution is 2.28. The van der Waals surface area contributed by atoms with E-state index in [0.717, 1.165) is 24.4 Å². The Hall–Kier alpha value is -3.00. The number of nitriles is 1. The second-order valence-electron chi connectivity index (χ2n) is 6.10. The fourth-order valence-electron chi connectivity index (χ4n) is 2.95. The van der Waals surface area contributed by atoms with Crippen LogP contribution >= 0.6 is 0 Å². The van der Waals surface area contributed by atoms with Crippen molar-refractivity contribution < 1.29 is 14.6 Å². The number of carbonyl (C=O) groups is 1. The molecular formula is C21H24N2O3. The quantitative estimate of drug-likeness (QED) is 0.455. The normalized spacial score (nSPS) is 11.3. The smallest absolute Gasteiger partial charge is 0.205 e. The number of phenolic OH excluding ortho intramolecular Hbond substituents is 1. The summed E-state index contributed by atoms with van der Waals surface area (Å²) in [5.41, 5.74) is 3.10. The molecule has 0 unspecified atom stereocenters. The fourth-order valence-corrected chi connectivity index (χ4v) is 2.95. The average Bonchev–Trinajstić information content (AvgIpc) is 2.90. The monoisotopic (exact) mass is 352 g/mol. The van der Waals surface area contributed by atoms with E-state index >= 15 is 0 Å². The van der Waals surface area contributed by atoms with E-state index in [1.165, 1.54) is 12.1 Å². The van der Waals surface area contributed by atoms with Crippen molar-refractivity contribution in [1.82, 2.24) is 4.57 Å². The molecule has 1 heterocycles. The Kier molecular flexibility index (Phi) is 6.24. The van der Waals surface area contributed by atoms with E-state index in [2.05, 4.69) is 11.5 Å². The zero-order valence-electron chi connectivity index (χ0n) is 15.7. The Labute approximate surface area is 154 Å². The molecular weight excluding hydrogens is 328 g/mol. The van der Waals surface area contributed by atoms with Gasteiger partial charge in [-0.3, -0.25) is 4.79 Å².